The predicted octanol–water partition coefficient (Wildman–Crippen LogP) is 2.65. The molecule has 1 rings (SSSR count). The first-order valence-corrected chi connectivity index (χ1v) is 5.59. The van der Waals surface area contributed by atoms with E-state index in [9.17, 15) is 4.79 Å². The zero-order chi connectivity index (χ0) is 12.8. The number of esters is 1. The largest absolute Gasteiger partial charge is 0.493 e. The molecule has 0 aliphatic heterocycles. The van der Waals surface area contributed by atoms with E-state index in [1.165, 1.54) is 13.2 Å². The van der Waals surface area contributed by atoms with Crippen molar-refractivity contribution in [1.29, 1.82) is 0 Å². The highest BCUT2D eigenvalue weighted by Crippen LogP contribution is 2.36. The van der Waals surface area contributed by atoms with Gasteiger partial charge in [-0.25, -0.2) is 4.79 Å². The topological polar surface area (TPSA) is 44.8 Å². The summed E-state index contributed by atoms with van der Waals surface area (Å²) < 4.78 is 15.6. The molecule has 1 aromatic rings. The molecule has 0 saturated heterocycles. The highest BCUT2D eigenvalue weighted by molar-refractivity contribution is 9.10. The van der Waals surface area contributed by atoms with Crippen molar-refractivity contribution in [2.45, 2.75) is 0 Å². The molecule has 0 bridgehead atoms. The molecule has 0 aliphatic rings. The highest BCUT2D eigenvalue weighted by atomic mass is 79.9. The summed E-state index contributed by atoms with van der Waals surface area (Å²) in [6, 6.07) is 3.59. The fourth-order valence-electron chi connectivity index (χ4n) is 1.27. The second-order valence-electron chi connectivity index (χ2n) is 3.09. The van der Waals surface area contributed by atoms with Crippen molar-refractivity contribution < 1.29 is 19.0 Å². The van der Waals surface area contributed by atoms with Gasteiger partial charge in [0.25, 0.3) is 0 Å². The minimum atomic E-state index is -0.407. The standard InChI is InChI=1S/C12H13BrO4/c1-15-10-7-8(4-5-11(14)16-2)6-9(13)12(10)17-3/h4-7H,1-3H3/b5-4+. The molecule has 0 spiro atoms. The molecule has 0 fully saturated rings. The normalized spacial score (nSPS) is 10.4. The maximum absolute atomic E-state index is 11.0. The summed E-state index contributed by atoms with van der Waals surface area (Å²) in [5, 5.41) is 0. The highest BCUT2D eigenvalue weighted by Gasteiger charge is 2.09. The first-order valence-electron chi connectivity index (χ1n) is 4.80. The Morgan fingerprint density at radius 2 is 1.94 bits per heavy atom. The number of carbonyl (C=O) groups is 1. The molecule has 5 heteroatoms. The van der Waals surface area contributed by atoms with E-state index in [0.29, 0.717) is 11.5 Å². The fourth-order valence-corrected chi connectivity index (χ4v) is 1.89. The lowest BCUT2D eigenvalue weighted by atomic mass is 10.2. The van der Waals surface area contributed by atoms with E-state index >= 15 is 0 Å². The van der Waals surface area contributed by atoms with Crippen LogP contribution in [0.2, 0.25) is 0 Å². The van der Waals surface area contributed by atoms with Gasteiger partial charge in [-0.3, -0.25) is 0 Å². The second kappa shape index (κ2) is 6.30. The fraction of sp³-hybridized carbons (Fsp3) is 0.250. The van der Waals surface area contributed by atoms with Gasteiger partial charge in [0.05, 0.1) is 25.8 Å². The van der Waals surface area contributed by atoms with Gasteiger partial charge in [0.2, 0.25) is 0 Å². The number of carbonyl (C=O) groups excluding carboxylic acids is 1. The second-order valence-corrected chi connectivity index (χ2v) is 3.95. The number of benzene rings is 1. The molecule has 0 atom stereocenters. The van der Waals surface area contributed by atoms with Gasteiger partial charge >= 0.3 is 5.97 Å². The molecule has 0 heterocycles. The van der Waals surface area contributed by atoms with Crippen LogP contribution in [0.15, 0.2) is 22.7 Å². The Kier molecular flexibility index (Phi) is 5.03. The van der Waals surface area contributed by atoms with Crippen molar-refractivity contribution in [2.75, 3.05) is 21.3 Å². The predicted molar refractivity (Wildman–Crippen MR) is 68.3 cm³/mol. The third-order valence-electron chi connectivity index (χ3n) is 2.07. The molecule has 17 heavy (non-hydrogen) atoms. The summed E-state index contributed by atoms with van der Waals surface area (Å²) in [4.78, 5) is 11.0. The number of hydrogen-bond donors (Lipinski definition) is 0. The lowest BCUT2D eigenvalue weighted by Gasteiger charge is -2.10. The van der Waals surface area contributed by atoms with Gasteiger partial charge in [-0.05, 0) is 39.7 Å². The van der Waals surface area contributed by atoms with E-state index in [4.69, 9.17) is 9.47 Å². The molecule has 0 unspecified atom stereocenters. The Hall–Kier alpha value is -1.49. The third-order valence-corrected chi connectivity index (χ3v) is 2.66. The summed E-state index contributed by atoms with van der Waals surface area (Å²) >= 11 is 3.37. The van der Waals surface area contributed by atoms with Crippen LogP contribution >= 0.6 is 15.9 Å². The van der Waals surface area contributed by atoms with Crippen LogP contribution in [0, 0.1) is 0 Å². The van der Waals surface area contributed by atoms with Crippen LogP contribution in [0.4, 0.5) is 0 Å². The van der Waals surface area contributed by atoms with Gasteiger partial charge in [-0.15, -0.1) is 0 Å². The van der Waals surface area contributed by atoms with Crippen LogP contribution in [0.3, 0.4) is 0 Å². The van der Waals surface area contributed by atoms with Crippen LogP contribution in [0.1, 0.15) is 5.56 Å². The Morgan fingerprint density at radius 3 is 2.47 bits per heavy atom. The van der Waals surface area contributed by atoms with Crippen LogP contribution in [-0.4, -0.2) is 27.3 Å². The number of hydrogen-bond acceptors (Lipinski definition) is 4. The van der Waals surface area contributed by atoms with E-state index in [1.807, 2.05) is 6.07 Å². The molecule has 4 nitrogen and oxygen atoms in total. The van der Waals surface area contributed by atoms with Crippen molar-refractivity contribution in [3.8, 4) is 11.5 Å². The van der Waals surface area contributed by atoms with Gasteiger partial charge in [0.15, 0.2) is 11.5 Å². The molecule has 0 aromatic heterocycles. The Balaban J connectivity index is 3.07. The quantitative estimate of drug-likeness (QED) is 0.633. The first kappa shape index (κ1) is 13.6. The zero-order valence-corrected chi connectivity index (χ0v) is 11.4. The van der Waals surface area contributed by atoms with Gasteiger partial charge in [-0.2, -0.15) is 0 Å². The molecule has 0 N–H and O–H groups in total. The average molecular weight is 301 g/mol. The van der Waals surface area contributed by atoms with Crippen molar-refractivity contribution in [1.82, 2.24) is 0 Å². The van der Waals surface area contributed by atoms with Crippen molar-refractivity contribution in [3.63, 3.8) is 0 Å². The van der Waals surface area contributed by atoms with Crippen LogP contribution in [0.25, 0.3) is 6.08 Å². The van der Waals surface area contributed by atoms with E-state index in [0.717, 1.165) is 10.0 Å². The first-order chi connectivity index (χ1) is 8.12. The van der Waals surface area contributed by atoms with E-state index in [-0.39, 0.29) is 0 Å². The maximum Gasteiger partial charge on any atom is 0.330 e. The van der Waals surface area contributed by atoms with Gasteiger partial charge in [0, 0.05) is 6.08 Å². The Morgan fingerprint density at radius 1 is 1.24 bits per heavy atom. The van der Waals surface area contributed by atoms with E-state index in [1.54, 1.807) is 26.4 Å². The monoisotopic (exact) mass is 300 g/mol. The average Bonchev–Trinajstić information content (AvgIpc) is 2.34. The summed E-state index contributed by atoms with van der Waals surface area (Å²) in [5.74, 6) is 0.796. The SMILES string of the molecule is COC(=O)/C=C/c1cc(Br)c(OC)c(OC)c1. The number of ether oxygens (including phenoxy) is 3. The molecule has 0 aliphatic carbocycles. The molecular weight excluding hydrogens is 288 g/mol. The number of rotatable bonds is 4. The summed E-state index contributed by atoms with van der Waals surface area (Å²) in [6.07, 6.45) is 2.98. The van der Waals surface area contributed by atoms with Crippen molar-refractivity contribution in [2.24, 2.45) is 0 Å². The smallest absolute Gasteiger partial charge is 0.330 e. The van der Waals surface area contributed by atoms with E-state index < -0.39 is 5.97 Å². The number of halogens is 1. The summed E-state index contributed by atoms with van der Waals surface area (Å²) in [6.45, 7) is 0. The van der Waals surface area contributed by atoms with E-state index in [2.05, 4.69) is 20.7 Å². The molecule has 0 amide bonds. The molecule has 0 radical (unpaired) electrons. The van der Waals surface area contributed by atoms with Gasteiger partial charge in [0.1, 0.15) is 0 Å². The Bertz CT molecular complexity index is 440. The lowest BCUT2D eigenvalue weighted by molar-refractivity contribution is -0.134. The molecule has 0 saturated carbocycles. The number of methoxy groups -OCH3 is 3. The molecule has 1 aromatic carbocycles. The van der Waals surface area contributed by atoms with Gasteiger partial charge in [-0.1, -0.05) is 0 Å². The Labute approximate surface area is 108 Å². The van der Waals surface area contributed by atoms with Crippen molar-refractivity contribution in [3.05, 3.63) is 28.2 Å². The van der Waals surface area contributed by atoms with Crippen LogP contribution < -0.4 is 9.47 Å². The van der Waals surface area contributed by atoms with Crippen molar-refractivity contribution >= 4 is 28.0 Å². The molecule has 92 valence electrons. The van der Waals surface area contributed by atoms with Gasteiger partial charge < -0.3 is 14.2 Å². The maximum atomic E-state index is 11.0. The van der Waals surface area contributed by atoms with Crippen LogP contribution in [0.5, 0.6) is 11.5 Å². The minimum absolute atomic E-state index is 0.407. The van der Waals surface area contributed by atoms with Crippen LogP contribution in [-0.2, 0) is 9.53 Å². The summed E-state index contributed by atoms with van der Waals surface area (Å²) in [7, 11) is 4.45. The zero-order valence-electron chi connectivity index (χ0n) is 9.82. The minimum Gasteiger partial charge on any atom is -0.493 e. The lowest BCUT2D eigenvalue weighted by Crippen LogP contribution is -1.94. The molecular formula is C12H13BrO4. The third kappa shape index (κ3) is 3.49. The summed E-state index contributed by atoms with van der Waals surface area (Å²) in [5.41, 5.74) is 0.805.